The minimum Gasteiger partial charge on any atom is -0.350 e. The van der Waals surface area contributed by atoms with E-state index in [2.05, 4.69) is 31.3 Å². The number of aromatic nitrogens is 4. The highest BCUT2D eigenvalue weighted by atomic mass is 16.1. The summed E-state index contributed by atoms with van der Waals surface area (Å²) >= 11 is 0. The van der Waals surface area contributed by atoms with E-state index in [0.29, 0.717) is 6.54 Å². The molecule has 126 valence electrons. The first-order valence-electron chi connectivity index (χ1n) is 8.56. The highest BCUT2D eigenvalue weighted by Crippen LogP contribution is 2.26. The highest BCUT2D eigenvalue weighted by Gasteiger charge is 2.25. The van der Waals surface area contributed by atoms with Gasteiger partial charge in [0.25, 0.3) is 0 Å². The van der Waals surface area contributed by atoms with E-state index in [0.717, 1.165) is 55.4 Å². The molecule has 2 aromatic rings. The summed E-state index contributed by atoms with van der Waals surface area (Å²) in [5, 5.41) is 7.63. The number of nitrogens with one attached hydrogen (secondary N) is 1. The van der Waals surface area contributed by atoms with Gasteiger partial charge in [-0.2, -0.15) is 5.10 Å². The summed E-state index contributed by atoms with van der Waals surface area (Å²) in [4.78, 5) is 23.0. The number of hydrogen-bond donors (Lipinski definition) is 1. The minimum atomic E-state index is 0.170. The lowest BCUT2D eigenvalue weighted by molar-refractivity contribution is -0.127. The smallest absolute Gasteiger partial charge is 0.223 e. The molecule has 3 heterocycles. The van der Waals surface area contributed by atoms with Gasteiger partial charge < -0.3 is 10.2 Å². The summed E-state index contributed by atoms with van der Waals surface area (Å²) < 4.78 is 2.03. The number of carbonyl (C=O) groups excluding carboxylic acids is 1. The lowest BCUT2D eigenvalue weighted by Crippen LogP contribution is -2.35. The average molecular weight is 326 g/mol. The fraction of sp³-hybridized carbons (Fsp3) is 0.529. The van der Waals surface area contributed by atoms with Crippen LogP contribution >= 0.6 is 0 Å². The van der Waals surface area contributed by atoms with Crippen LogP contribution in [0.2, 0.25) is 0 Å². The van der Waals surface area contributed by atoms with Gasteiger partial charge in [0.1, 0.15) is 5.82 Å². The quantitative estimate of drug-likeness (QED) is 0.919. The van der Waals surface area contributed by atoms with Gasteiger partial charge in [-0.05, 0) is 25.8 Å². The molecular weight excluding hydrogens is 304 g/mol. The number of carbonyl (C=O) groups is 1. The molecule has 7 nitrogen and oxygen atoms in total. The molecule has 0 radical (unpaired) electrons. The van der Waals surface area contributed by atoms with Gasteiger partial charge in [-0.15, -0.1) is 0 Å². The summed E-state index contributed by atoms with van der Waals surface area (Å²) in [5.74, 6) is 1.33. The molecule has 1 amide bonds. The topological polar surface area (TPSA) is 75.9 Å². The first kappa shape index (κ1) is 15.1. The number of hydrogen-bond acceptors (Lipinski definition) is 5. The van der Waals surface area contributed by atoms with Gasteiger partial charge >= 0.3 is 0 Å². The summed E-state index contributed by atoms with van der Waals surface area (Å²) in [5.41, 5.74) is 3.02. The standard InChI is InChI=1S/C17H22N6O/c1-12-16(19-6-5-18-12)22-7-8-23-15(11-22)9-14(21-23)10-20-17(24)13-3-2-4-13/h5-6,9,13H,2-4,7-8,10-11H2,1H3,(H,20,24). The summed E-state index contributed by atoms with van der Waals surface area (Å²) in [6, 6.07) is 2.08. The molecule has 0 saturated heterocycles. The molecule has 2 aromatic heterocycles. The summed E-state index contributed by atoms with van der Waals surface area (Å²) in [6.45, 7) is 4.95. The second kappa shape index (κ2) is 6.22. The van der Waals surface area contributed by atoms with Crippen molar-refractivity contribution in [1.29, 1.82) is 0 Å². The van der Waals surface area contributed by atoms with Gasteiger partial charge in [0, 0.05) is 24.9 Å². The lowest BCUT2D eigenvalue weighted by Gasteiger charge is -2.29. The van der Waals surface area contributed by atoms with E-state index >= 15 is 0 Å². The molecule has 1 aliphatic carbocycles. The molecule has 4 rings (SSSR count). The Hall–Kier alpha value is -2.44. The van der Waals surface area contributed by atoms with E-state index < -0.39 is 0 Å². The number of fused-ring (bicyclic) bond motifs is 1. The molecule has 0 aromatic carbocycles. The van der Waals surface area contributed by atoms with E-state index in [4.69, 9.17) is 0 Å². The summed E-state index contributed by atoms with van der Waals surface area (Å²) in [7, 11) is 0. The monoisotopic (exact) mass is 326 g/mol. The molecule has 0 spiro atoms. The third-order valence-electron chi connectivity index (χ3n) is 4.92. The van der Waals surface area contributed by atoms with Crippen LogP contribution in [0.1, 0.15) is 36.3 Å². The van der Waals surface area contributed by atoms with Crippen LogP contribution in [-0.4, -0.2) is 32.2 Å². The molecule has 0 bridgehead atoms. The first-order chi connectivity index (χ1) is 11.7. The van der Waals surface area contributed by atoms with Crippen molar-refractivity contribution in [2.45, 2.75) is 45.8 Å². The van der Waals surface area contributed by atoms with Crippen molar-refractivity contribution in [2.75, 3.05) is 11.4 Å². The number of amides is 1. The SMILES string of the molecule is Cc1nccnc1N1CCn2nc(CNC(=O)C3CCC3)cc2C1. The van der Waals surface area contributed by atoms with Gasteiger partial charge in [-0.25, -0.2) is 4.98 Å². The Balaban J connectivity index is 1.42. The fourth-order valence-corrected chi connectivity index (χ4v) is 3.30. The van der Waals surface area contributed by atoms with Crippen LogP contribution in [0.4, 0.5) is 5.82 Å². The Morgan fingerprint density at radius 1 is 1.29 bits per heavy atom. The second-order valence-corrected chi connectivity index (χ2v) is 6.58. The van der Waals surface area contributed by atoms with E-state index in [1.165, 1.54) is 6.42 Å². The third kappa shape index (κ3) is 2.86. The zero-order chi connectivity index (χ0) is 16.5. The predicted octanol–water partition coefficient (Wildman–Crippen LogP) is 1.42. The third-order valence-corrected chi connectivity index (χ3v) is 4.92. The van der Waals surface area contributed by atoms with Crippen LogP contribution in [0.3, 0.4) is 0 Å². The largest absolute Gasteiger partial charge is 0.350 e. The van der Waals surface area contributed by atoms with Crippen molar-refractivity contribution in [3.63, 3.8) is 0 Å². The summed E-state index contributed by atoms with van der Waals surface area (Å²) in [6.07, 6.45) is 6.68. The molecule has 2 aliphatic rings. The molecule has 0 unspecified atom stereocenters. The van der Waals surface area contributed by atoms with Gasteiger partial charge in [-0.1, -0.05) is 6.42 Å². The van der Waals surface area contributed by atoms with E-state index in [1.54, 1.807) is 12.4 Å². The number of aryl methyl sites for hydroxylation is 1. The first-order valence-corrected chi connectivity index (χ1v) is 8.56. The van der Waals surface area contributed by atoms with Gasteiger partial charge in [0.05, 0.1) is 36.7 Å². The van der Waals surface area contributed by atoms with Gasteiger partial charge in [0.15, 0.2) is 0 Å². The fourth-order valence-electron chi connectivity index (χ4n) is 3.30. The molecule has 1 N–H and O–H groups in total. The molecule has 1 fully saturated rings. The minimum absolute atomic E-state index is 0.170. The molecular formula is C17H22N6O. The van der Waals surface area contributed by atoms with Crippen LogP contribution in [0.5, 0.6) is 0 Å². The number of anilines is 1. The highest BCUT2D eigenvalue weighted by molar-refractivity contribution is 5.79. The molecule has 24 heavy (non-hydrogen) atoms. The Morgan fingerprint density at radius 2 is 2.12 bits per heavy atom. The van der Waals surface area contributed by atoms with E-state index in [1.807, 2.05) is 11.6 Å². The zero-order valence-corrected chi connectivity index (χ0v) is 13.9. The number of rotatable bonds is 4. The van der Waals surface area contributed by atoms with Crippen molar-refractivity contribution >= 4 is 11.7 Å². The van der Waals surface area contributed by atoms with Crippen LogP contribution in [0.15, 0.2) is 18.5 Å². The maximum absolute atomic E-state index is 11.9. The van der Waals surface area contributed by atoms with E-state index in [-0.39, 0.29) is 11.8 Å². The Bertz CT molecular complexity index is 751. The van der Waals surface area contributed by atoms with Crippen molar-refractivity contribution < 1.29 is 4.79 Å². The second-order valence-electron chi connectivity index (χ2n) is 6.58. The van der Waals surface area contributed by atoms with Crippen molar-refractivity contribution in [3.05, 3.63) is 35.5 Å². The molecule has 1 saturated carbocycles. The van der Waals surface area contributed by atoms with Crippen LogP contribution < -0.4 is 10.2 Å². The predicted molar refractivity (Wildman–Crippen MR) is 89.2 cm³/mol. The Labute approximate surface area is 141 Å². The van der Waals surface area contributed by atoms with Crippen molar-refractivity contribution in [2.24, 2.45) is 5.92 Å². The lowest BCUT2D eigenvalue weighted by atomic mass is 9.85. The van der Waals surface area contributed by atoms with Gasteiger partial charge in [-0.3, -0.25) is 14.5 Å². The normalized spacial score (nSPS) is 17.3. The Morgan fingerprint density at radius 3 is 2.88 bits per heavy atom. The molecule has 0 atom stereocenters. The zero-order valence-electron chi connectivity index (χ0n) is 13.9. The molecule has 1 aliphatic heterocycles. The van der Waals surface area contributed by atoms with E-state index in [9.17, 15) is 4.79 Å². The van der Waals surface area contributed by atoms with Crippen molar-refractivity contribution in [1.82, 2.24) is 25.1 Å². The van der Waals surface area contributed by atoms with Crippen LogP contribution in [-0.2, 0) is 24.4 Å². The maximum atomic E-state index is 11.9. The molecule has 7 heteroatoms. The van der Waals surface area contributed by atoms with Gasteiger partial charge in [0.2, 0.25) is 5.91 Å². The maximum Gasteiger partial charge on any atom is 0.223 e. The number of nitrogens with zero attached hydrogens (tertiary/aromatic N) is 5. The Kier molecular flexibility index (Phi) is 3.92. The van der Waals surface area contributed by atoms with Crippen molar-refractivity contribution in [3.8, 4) is 0 Å². The average Bonchev–Trinajstić information content (AvgIpc) is 2.93. The van der Waals surface area contributed by atoms with Crippen LogP contribution in [0, 0.1) is 12.8 Å². The van der Waals surface area contributed by atoms with Crippen LogP contribution in [0.25, 0.3) is 0 Å².